The number of hydrogen-bond donors (Lipinski definition) is 1. The lowest BCUT2D eigenvalue weighted by molar-refractivity contribution is 0.475. The highest BCUT2D eigenvalue weighted by molar-refractivity contribution is 7.90. The van der Waals surface area contributed by atoms with E-state index in [9.17, 15) is 12.8 Å². The van der Waals surface area contributed by atoms with Gasteiger partial charge in [-0.25, -0.2) is 12.8 Å². The fourth-order valence-corrected chi connectivity index (χ4v) is 2.32. The van der Waals surface area contributed by atoms with Gasteiger partial charge in [0, 0.05) is 18.9 Å². The van der Waals surface area contributed by atoms with Gasteiger partial charge in [-0.2, -0.15) is 0 Å². The van der Waals surface area contributed by atoms with Crippen LogP contribution in [0.25, 0.3) is 0 Å². The van der Waals surface area contributed by atoms with E-state index in [0.717, 1.165) is 6.26 Å². The molecule has 2 aromatic carbocycles. The van der Waals surface area contributed by atoms with E-state index >= 15 is 0 Å². The molecule has 2 aromatic rings. The fraction of sp³-hybridized carbons (Fsp3) is 0.143. The highest BCUT2D eigenvalue weighted by atomic mass is 32.2. The third kappa shape index (κ3) is 3.55. The number of halogens is 1. The molecule has 0 saturated heterocycles. The average molecular weight is 295 g/mol. The zero-order chi connectivity index (χ0) is 14.8. The Morgan fingerprint density at radius 2 is 1.75 bits per heavy atom. The minimum absolute atomic E-state index is 0.201. The Balaban J connectivity index is 2.24. The Hall–Kier alpha value is -1.92. The number of rotatable bonds is 4. The van der Waals surface area contributed by atoms with Gasteiger partial charge < -0.3 is 10.5 Å². The van der Waals surface area contributed by atoms with E-state index in [1.54, 1.807) is 6.07 Å². The molecule has 0 radical (unpaired) electrons. The smallest absolute Gasteiger partial charge is 0.175 e. The second-order valence-corrected chi connectivity index (χ2v) is 6.36. The van der Waals surface area contributed by atoms with Crippen LogP contribution < -0.4 is 10.5 Å². The zero-order valence-electron chi connectivity index (χ0n) is 10.8. The third-order valence-electron chi connectivity index (χ3n) is 2.65. The molecule has 0 bridgehead atoms. The van der Waals surface area contributed by atoms with E-state index in [-0.39, 0.29) is 11.4 Å². The van der Waals surface area contributed by atoms with Crippen molar-refractivity contribution in [3.05, 3.63) is 53.8 Å². The van der Waals surface area contributed by atoms with Gasteiger partial charge in [-0.05, 0) is 42.0 Å². The van der Waals surface area contributed by atoms with Crippen LogP contribution in [-0.4, -0.2) is 14.7 Å². The van der Waals surface area contributed by atoms with Gasteiger partial charge in [0.15, 0.2) is 9.84 Å². The van der Waals surface area contributed by atoms with Crippen LogP contribution in [-0.2, 0) is 16.4 Å². The summed E-state index contributed by atoms with van der Waals surface area (Å²) in [6, 6.07) is 10.1. The van der Waals surface area contributed by atoms with Crippen molar-refractivity contribution >= 4 is 9.84 Å². The van der Waals surface area contributed by atoms with Crippen molar-refractivity contribution in [3.8, 4) is 11.5 Å². The highest BCUT2D eigenvalue weighted by Crippen LogP contribution is 2.24. The Bertz CT molecular complexity index is 712. The number of ether oxygens (including phenoxy) is 1. The van der Waals surface area contributed by atoms with Gasteiger partial charge in [-0.1, -0.05) is 0 Å². The predicted octanol–water partition coefficient (Wildman–Crippen LogP) is 2.48. The number of sulfone groups is 1. The largest absolute Gasteiger partial charge is 0.457 e. The van der Waals surface area contributed by atoms with Gasteiger partial charge in [-0.15, -0.1) is 0 Å². The lowest BCUT2D eigenvalue weighted by Gasteiger charge is -2.08. The Morgan fingerprint density at radius 1 is 1.10 bits per heavy atom. The summed E-state index contributed by atoms with van der Waals surface area (Å²) in [5.74, 6) is 0.305. The summed E-state index contributed by atoms with van der Waals surface area (Å²) in [4.78, 5) is 0.201. The molecule has 106 valence electrons. The van der Waals surface area contributed by atoms with Crippen molar-refractivity contribution in [1.29, 1.82) is 0 Å². The molecular weight excluding hydrogens is 281 g/mol. The molecule has 0 spiro atoms. The van der Waals surface area contributed by atoms with Gasteiger partial charge in [0.1, 0.15) is 17.3 Å². The van der Waals surface area contributed by atoms with Gasteiger partial charge in [0.05, 0.1) is 4.90 Å². The van der Waals surface area contributed by atoms with Crippen LogP contribution >= 0.6 is 0 Å². The Kier molecular flexibility index (Phi) is 4.06. The first kappa shape index (κ1) is 14.5. The number of hydrogen-bond acceptors (Lipinski definition) is 4. The maximum atomic E-state index is 13.3. The normalized spacial score (nSPS) is 11.3. The summed E-state index contributed by atoms with van der Waals surface area (Å²) in [7, 11) is -3.24. The molecular formula is C14H14FNO3S. The van der Waals surface area contributed by atoms with Crippen molar-refractivity contribution < 1.29 is 17.5 Å². The molecule has 6 heteroatoms. The average Bonchev–Trinajstić information content (AvgIpc) is 2.37. The van der Waals surface area contributed by atoms with E-state index < -0.39 is 15.7 Å². The topological polar surface area (TPSA) is 69.4 Å². The first-order valence-electron chi connectivity index (χ1n) is 5.86. The first-order chi connectivity index (χ1) is 9.38. The van der Waals surface area contributed by atoms with Crippen LogP contribution in [0.3, 0.4) is 0 Å². The molecule has 0 heterocycles. The molecule has 0 amide bonds. The molecule has 0 fully saturated rings. The maximum Gasteiger partial charge on any atom is 0.175 e. The second-order valence-electron chi connectivity index (χ2n) is 4.34. The maximum absolute atomic E-state index is 13.3. The van der Waals surface area contributed by atoms with E-state index in [2.05, 4.69) is 0 Å². The highest BCUT2D eigenvalue weighted by Gasteiger charge is 2.07. The molecule has 4 nitrogen and oxygen atoms in total. The molecule has 2 N–H and O–H groups in total. The molecule has 20 heavy (non-hydrogen) atoms. The molecule has 0 aliphatic rings. The van der Waals surface area contributed by atoms with Crippen molar-refractivity contribution in [1.82, 2.24) is 0 Å². The minimum Gasteiger partial charge on any atom is -0.457 e. The molecule has 0 saturated carbocycles. The number of benzene rings is 2. The van der Waals surface area contributed by atoms with Crippen molar-refractivity contribution in [2.45, 2.75) is 11.4 Å². The quantitative estimate of drug-likeness (QED) is 0.940. The Morgan fingerprint density at radius 3 is 2.30 bits per heavy atom. The standard InChI is InChI=1S/C14H14FNO3S/c1-20(17,18)14-4-2-12(3-5-14)19-13-7-10(9-16)6-11(15)8-13/h2-8H,9,16H2,1H3. The first-order valence-corrected chi connectivity index (χ1v) is 7.75. The molecule has 0 unspecified atom stereocenters. The van der Waals surface area contributed by atoms with E-state index in [1.165, 1.54) is 36.4 Å². The number of nitrogens with two attached hydrogens (primary N) is 1. The summed E-state index contributed by atoms with van der Waals surface area (Å²) in [5, 5.41) is 0. The van der Waals surface area contributed by atoms with Crippen molar-refractivity contribution in [2.75, 3.05) is 6.26 Å². The summed E-state index contributed by atoms with van der Waals surface area (Å²) < 4.78 is 41.5. The summed E-state index contributed by atoms with van der Waals surface area (Å²) >= 11 is 0. The van der Waals surface area contributed by atoms with Crippen LogP contribution in [0.2, 0.25) is 0 Å². The second kappa shape index (κ2) is 5.60. The van der Waals surface area contributed by atoms with E-state index in [1.807, 2.05) is 0 Å². The summed E-state index contributed by atoms with van der Waals surface area (Å²) in [6.07, 6.45) is 1.13. The molecule has 2 rings (SSSR count). The van der Waals surface area contributed by atoms with Crippen LogP contribution in [0, 0.1) is 5.82 Å². The predicted molar refractivity (Wildman–Crippen MR) is 73.9 cm³/mol. The molecule has 0 aliphatic carbocycles. The molecule has 0 aliphatic heterocycles. The van der Waals surface area contributed by atoms with Gasteiger partial charge in [0.2, 0.25) is 0 Å². The molecule has 0 atom stereocenters. The van der Waals surface area contributed by atoms with Crippen LogP contribution in [0.4, 0.5) is 4.39 Å². The van der Waals surface area contributed by atoms with Crippen molar-refractivity contribution in [3.63, 3.8) is 0 Å². The van der Waals surface area contributed by atoms with E-state index in [0.29, 0.717) is 17.1 Å². The van der Waals surface area contributed by atoms with Gasteiger partial charge in [0.25, 0.3) is 0 Å². The summed E-state index contributed by atoms with van der Waals surface area (Å²) in [6.45, 7) is 0.209. The zero-order valence-corrected chi connectivity index (χ0v) is 11.7. The minimum atomic E-state index is -3.24. The van der Waals surface area contributed by atoms with Crippen molar-refractivity contribution in [2.24, 2.45) is 5.73 Å². The lowest BCUT2D eigenvalue weighted by Crippen LogP contribution is -1.98. The van der Waals surface area contributed by atoms with Crippen LogP contribution in [0.15, 0.2) is 47.4 Å². The Labute approximate surface area is 116 Å². The molecule has 0 aromatic heterocycles. The van der Waals surface area contributed by atoms with Crippen LogP contribution in [0.1, 0.15) is 5.56 Å². The lowest BCUT2D eigenvalue weighted by atomic mass is 10.2. The third-order valence-corrected chi connectivity index (χ3v) is 3.78. The summed E-state index contributed by atoms with van der Waals surface area (Å²) in [5.41, 5.74) is 6.08. The fourth-order valence-electron chi connectivity index (χ4n) is 1.69. The van der Waals surface area contributed by atoms with E-state index in [4.69, 9.17) is 10.5 Å². The van der Waals surface area contributed by atoms with Gasteiger partial charge >= 0.3 is 0 Å². The van der Waals surface area contributed by atoms with Gasteiger partial charge in [-0.3, -0.25) is 0 Å². The van der Waals surface area contributed by atoms with Crippen LogP contribution in [0.5, 0.6) is 11.5 Å². The monoisotopic (exact) mass is 295 g/mol. The SMILES string of the molecule is CS(=O)(=O)c1ccc(Oc2cc(F)cc(CN)c2)cc1.